The van der Waals surface area contributed by atoms with Crippen molar-refractivity contribution in [3.63, 3.8) is 0 Å². The lowest BCUT2D eigenvalue weighted by atomic mass is 10.1. The van der Waals surface area contributed by atoms with Gasteiger partial charge in [-0.1, -0.05) is 13.3 Å². The molecular formula is C13H17N3O. The number of amides is 1. The Bertz CT molecular complexity index is 484. The topological polar surface area (TPSA) is 67.1 Å². The third-order valence-electron chi connectivity index (χ3n) is 3.69. The fraction of sp³-hybridized carbons (Fsp3) is 0.462. The van der Waals surface area contributed by atoms with Gasteiger partial charge in [-0.3, -0.25) is 4.79 Å². The fourth-order valence-corrected chi connectivity index (χ4v) is 2.49. The van der Waals surface area contributed by atoms with Crippen molar-refractivity contribution < 1.29 is 4.79 Å². The number of carbonyl (C=O) groups excluding carboxylic acids is 1. The van der Waals surface area contributed by atoms with Crippen molar-refractivity contribution in [1.82, 2.24) is 0 Å². The van der Waals surface area contributed by atoms with Gasteiger partial charge in [-0.2, -0.15) is 0 Å². The minimum absolute atomic E-state index is 0.0504. The van der Waals surface area contributed by atoms with Crippen molar-refractivity contribution in [2.45, 2.75) is 32.2 Å². The SMILES string of the molecule is CCC1CC1Nc1cc2c(cc1N)CC(=O)N2. The van der Waals surface area contributed by atoms with Crippen LogP contribution in [0.5, 0.6) is 0 Å². The van der Waals surface area contributed by atoms with Crippen LogP contribution >= 0.6 is 0 Å². The average Bonchev–Trinajstić information content (AvgIpc) is 2.93. The number of carbonyl (C=O) groups is 1. The van der Waals surface area contributed by atoms with Crippen LogP contribution in [-0.4, -0.2) is 11.9 Å². The van der Waals surface area contributed by atoms with Gasteiger partial charge in [-0.15, -0.1) is 0 Å². The van der Waals surface area contributed by atoms with Crippen molar-refractivity contribution in [2.24, 2.45) is 5.92 Å². The summed E-state index contributed by atoms with van der Waals surface area (Å²) < 4.78 is 0. The summed E-state index contributed by atoms with van der Waals surface area (Å²) in [6.07, 6.45) is 2.87. The first-order valence-corrected chi connectivity index (χ1v) is 6.16. The molecule has 4 nitrogen and oxygen atoms in total. The van der Waals surface area contributed by atoms with Crippen LogP contribution in [0.3, 0.4) is 0 Å². The van der Waals surface area contributed by atoms with Gasteiger partial charge in [-0.05, 0) is 30.0 Å². The zero-order valence-corrected chi connectivity index (χ0v) is 9.92. The van der Waals surface area contributed by atoms with E-state index in [0.29, 0.717) is 12.5 Å². The molecule has 90 valence electrons. The molecule has 2 aliphatic rings. The molecule has 17 heavy (non-hydrogen) atoms. The van der Waals surface area contributed by atoms with Gasteiger partial charge in [0.1, 0.15) is 0 Å². The van der Waals surface area contributed by atoms with E-state index < -0.39 is 0 Å². The van der Waals surface area contributed by atoms with E-state index in [-0.39, 0.29) is 5.91 Å². The van der Waals surface area contributed by atoms with Crippen LogP contribution in [0, 0.1) is 5.92 Å². The first-order chi connectivity index (χ1) is 8.17. The molecule has 3 rings (SSSR count). The second-order valence-electron chi connectivity index (χ2n) is 4.98. The van der Waals surface area contributed by atoms with Crippen LogP contribution in [0.15, 0.2) is 12.1 Å². The molecule has 1 aliphatic carbocycles. The number of nitrogen functional groups attached to an aromatic ring is 1. The highest BCUT2D eigenvalue weighted by molar-refractivity contribution is 6.00. The summed E-state index contributed by atoms with van der Waals surface area (Å²) in [5.41, 5.74) is 9.59. The molecule has 1 aromatic carbocycles. The molecule has 0 aromatic heterocycles. The number of nitrogens with one attached hydrogen (secondary N) is 2. The smallest absolute Gasteiger partial charge is 0.228 e. The van der Waals surface area contributed by atoms with E-state index in [9.17, 15) is 4.79 Å². The van der Waals surface area contributed by atoms with Crippen molar-refractivity contribution in [1.29, 1.82) is 0 Å². The number of nitrogens with two attached hydrogens (primary N) is 1. The highest BCUT2D eigenvalue weighted by Gasteiger charge is 2.35. The van der Waals surface area contributed by atoms with Gasteiger partial charge in [0, 0.05) is 11.7 Å². The molecule has 1 fully saturated rings. The zero-order chi connectivity index (χ0) is 12.0. The Labute approximate surface area is 101 Å². The quantitative estimate of drug-likeness (QED) is 0.697. The lowest BCUT2D eigenvalue weighted by Crippen LogP contribution is -2.07. The fourth-order valence-electron chi connectivity index (χ4n) is 2.49. The number of hydrogen-bond donors (Lipinski definition) is 3. The predicted octanol–water partition coefficient (Wildman–Crippen LogP) is 1.97. The minimum atomic E-state index is 0.0504. The molecule has 4 heteroatoms. The van der Waals surface area contributed by atoms with Gasteiger partial charge >= 0.3 is 0 Å². The first kappa shape index (κ1) is 10.4. The third kappa shape index (κ3) is 1.84. The summed E-state index contributed by atoms with van der Waals surface area (Å²) in [6, 6.07) is 4.41. The van der Waals surface area contributed by atoms with Gasteiger partial charge in [0.2, 0.25) is 5.91 Å². The van der Waals surface area contributed by atoms with Crippen LogP contribution in [0.4, 0.5) is 17.1 Å². The van der Waals surface area contributed by atoms with Crippen LogP contribution in [-0.2, 0) is 11.2 Å². The Kier molecular flexibility index (Phi) is 2.24. The number of rotatable bonds is 3. The maximum absolute atomic E-state index is 11.3. The molecule has 1 aromatic rings. The van der Waals surface area contributed by atoms with Crippen LogP contribution in [0.1, 0.15) is 25.3 Å². The predicted molar refractivity (Wildman–Crippen MR) is 69.0 cm³/mol. The van der Waals surface area contributed by atoms with Crippen molar-refractivity contribution in [3.05, 3.63) is 17.7 Å². The van der Waals surface area contributed by atoms with E-state index in [1.165, 1.54) is 12.8 Å². The highest BCUT2D eigenvalue weighted by atomic mass is 16.1. The molecular weight excluding hydrogens is 214 g/mol. The summed E-state index contributed by atoms with van der Waals surface area (Å²) >= 11 is 0. The second-order valence-corrected chi connectivity index (χ2v) is 4.98. The van der Waals surface area contributed by atoms with E-state index in [0.717, 1.165) is 28.5 Å². The maximum atomic E-state index is 11.3. The molecule has 1 amide bonds. The largest absolute Gasteiger partial charge is 0.397 e. The van der Waals surface area contributed by atoms with Crippen LogP contribution < -0.4 is 16.4 Å². The molecule has 4 N–H and O–H groups in total. The lowest BCUT2D eigenvalue weighted by Gasteiger charge is -2.11. The summed E-state index contributed by atoms with van der Waals surface area (Å²) in [7, 11) is 0. The van der Waals surface area contributed by atoms with Gasteiger partial charge in [-0.25, -0.2) is 0 Å². The normalized spacial score (nSPS) is 25.4. The van der Waals surface area contributed by atoms with Crippen molar-refractivity contribution in [3.8, 4) is 0 Å². The Hall–Kier alpha value is -1.71. The van der Waals surface area contributed by atoms with Crippen LogP contribution in [0.25, 0.3) is 0 Å². The van der Waals surface area contributed by atoms with Gasteiger partial charge in [0.05, 0.1) is 17.8 Å². The van der Waals surface area contributed by atoms with Crippen molar-refractivity contribution >= 4 is 23.0 Å². The number of fused-ring (bicyclic) bond motifs is 1. The summed E-state index contributed by atoms with van der Waals surface area (Å²) in [5, 5.41) is 6.30. The van der Waals surface area contributed by atoms with E-state index in [1.54, 1.807) is 0 Å². The Morgan fingerprint density at radius 1 is 1.53 bits per heavy atom. The van der Waals surface area contributed by atoms with Crippen molar-refractivity contribution in [2.75, 3.05) is 16.4 Å². The monoisotopic (exact) mass is 231 g/mol. The van der Waals surface area contributed by atoms with Crippen LogP contribution in [0.2, 0.25) is 0 Å². The maximum Gasteiger partial charge on any atom is 0.228 e. The molecule has 1 saturated carbocycles. The van der Waals surface area contributed by atoms with E-state index in [1.807, 2.05) is 12.1 Å². The highest BCUT2D eigenvalue weighted by Crippen LogP contribution is 2.39. The molecule has 2 unspecified atom stereocenters. The van der Waals surface area contributed by atoms with Gasteiger partial charge in [0.15, 0.2) is 0 Å². The Morgan fingerprint density at radius 3 is 3.06 bits per heavy atom. The minimum Gasteiger partial charge on any atom is -0.397 e. The Morgan fingerprint density at radius 2 is 2.35 bits per heavy atom. The molecule has 0 radical (unpaired) electrons. The van der Waals surface area contributed by atoms with Gasteiger partial charge < -0.3 is 16.4 Å². The standard InChI is InChI=1S/C13H17N3O/c1-2-7-4-10(7)15-12-6-11-8(3-9(12)14)5-13(17)16-11/h3,6-7,10,15H,2,4-5,14H2,1H3,(H,16,17). The number of benzene rings is 1. The first-order valence-electron chi connectivity index (χ1n) is 6.16. The molecule has 0 bridgehead atoms. The molecule has 1 aliphatic heterocycles. The van der Waals surface area contributed by atoms with E-state index in [2.05, 4.69) is 17.6 Å². The van der Waals surface area contributed by atoms with E-state index >= 15 is 0 Å². The number of hydrogen-bond acceptors (Lipinski definition) is 3. The molecule has 1 heterocycles. The van der Waals surface area contributed by atoms with E-state index in [4.69, 9.17) is 5.73 Å². The lowest BCUT2D eigenvalue weighted by molar-refractivity contribution is -0.115. The molecule has 0 spiro atoms. The Balaban J connectivity index is 1.81. The third-order valence-corrected chi connectivity index (χ3v) is 3.69. The average molecular weight is 231 g/mol. The summed E-state index contributed by atoms with van der Waals surface area (Å²) in [4.78, 5) is 11.3. The zero-order valence-electron chi connectivity index (χ0n) is 9.92. The second kappa shape index (κ2) is 3.65. The summed E-state index contributed by atoms with van der Waals surface area (Å²) in [5.74, 6) is 0.826. The number of anilines is 3. The summed E-state index contributed by atoms with van der Waals surface area (Å²) in [6.45, 7) is 2.21. The molecule has 2 atom stereocenters. The van der Waals surface area contributed by atoms with Gasteiger partial charge in [0.25, 0.3) is 0 Å². The molecule has 0 saturated heterocycles.